The van der Waals surface area contributed by atoms with Crippen LogP contribution in [-0.2, 0) is 24.4 Å². The van der Waals surface area contributed by atoms with Crippen LogP contribution in [0, 0.1) is 6.92 Å². The van der Waals surface area contributed by atoms with E-state index < -0.39 is 0 Å². The van der Waals surface area contributed by atoms with E-state index in [1.165, 1.54) is 0 Å². The van der Waals surface area contributed by atoms with Crippen LogP contribution >= 0.6 is 11.3 Å². The van der Waals surface area contributed by atoms with Crippen LogP contribution in [0.2, 0.25) is 0 Å². The molecular formula is C15H18N2O3S. The van der Waals surface area contributed by atoms with Gasteiger partial charge in [0.2, 0.25) is 5.91 Å². The van der Waals surface area contributed by atoms with Gasteiger partial charge in [-0.15, -0.1) is 11.3 Å². The molecule has 0 radical (unpaired) electrons. The van der Waals surface area contributed by atoms with Crippen molar-refractivity contribution < 1.29 is 15.0 Å². The lowest BCUT2D eigenvalue weighted by atomic mass is 10.1. The van der Waals surface area contributed by atoms with Gasteiger partial charge in [-0.1, -0.05) is 6.07 Å². The van der Waals surface area contributed by atoms with Crippen molar-refractivity contribution in [2.45, 2.75) is 33.0 Å². The van der Waals surface area contributed by atoms with Gasteiger partial charge in [0.25, 0.3) is 0 Å². The first-order valence-electron chi connectivity index (χ1n) is 6.66. The van der Waals surface area contributed by atoms with Gasteiger partial charge in [0.1, 0.15) is 0 Å². The molecule has 1 amide bonds. The molecule has 2 aromatic rings. The molecule has 0 spiro atoms. The van der Waals surface area contributed by atoms with Gasteiger partial charge >= 0.3 is 0 Å². The number of hydrogen-bond donors (Lipinski definition) is 3. The molecular weight excluding hydrogens is 288 g/mol. The first-order valence-corrected chi connectivity index (χ1v) is 7.54. The van der Waals surface area contributed by atoms with E-state index in [2.05, 4.69) is 10.3 Å². The van der Waals surface area contributed by atoms with E-state index >= 15 is 0 Å². The Morgan fingerprint density at radius 2 is 2.05 bits per heavy atom. The van der Waals surface area contributed by atoms with E-state index in [0.29, 0.717) is 29.7 Å². The largest absolute Gasteiger partial charge is 0.392 e. The van der Waals surface area contributed by atoms with Gasteiger partial charge in [-0.05, 0) is 36.6 Å². The minimum absolute atomic E-state index is 0.0960. The zero-order valence-electron chi connectivity index (χ0n) is 11.8. The monoisotopic (exact) mass is 306 g/mol. The minimum Gasteiger partial charge on any atom is -0.392 e. The zero-order chi connectivity index (χ0) is 15.2. The number of nitrogens with one attached hydrogen (secondary N) is 1. The van der Waals surface area contributed by atoms with Gasteiger partial charge < -0.3 is 15.5 Å². The Morgan fingerprint density at radius 3 is 2.67 bits per heavy atom. The fraction of sp³-hybridized carbons (Fsp3) is 0.333. The van der Waals surface area contributed by atoms with Gasteiger partial charge in [0.15, 0.2) is 0 Å². The van der Waals surface area contributed by atoms with E-state index in [1.54, 1.807) is 29.5 Å². The number of aliphatic hydroxyl groups is 2. The molecule has 0 aliphatic rings. The lowest BCUT2D eigenvalue weighted by molar-refractivity contribution is -0.116. The summed E-state index contributed by atoms with van der Waals surface area (Å²) in [6.45, 7) is 1.64. The van der Waals surface area contributed by atoms with E-state index in [-0.39, 0.29) is 19.1 Å². The fourth-order valence-electron chi connectivity index (χ4n) is 1.99. The summed E-state index contributed by atoms with van der Waals surface area (Å²) in [5.74, 6) is -0.0960. The standard InChI is InChI=1S/C15H18N2O3S/c1-10-16-14(9-21-10)4-5-15(20)17-13-3-2-11(7-18)12(6-13)8-19/h2-3,6,9,18-19H,4-5,7-8H2,1H3,(H,17,20). The number of benzene rings is 1. The van der Waals surface area contributed by atoms with Crippen LogP contribution < -0.4 is 5.32 Å². The molecule has 0 atom stereocenters. The molecule has 112 valence electrons. The van der Waals surface area contributed by atoms with Crippen molar-refractivity contribution in [1.82, 2.24) is 4.98 Å². The number of aliphatic hydroxyl groups excluding tert-OH is 2. The van der Waals surface area contributed by atoms with Crippen LogP contribution in [0.3, 0.4) is 0 Å². The predicted molar refractivity (Wildman–Crippen MR) is 82.1 cm³/mol. The molecule has 1 aromatic carbocycles. The van der Waals surface area contributed by atoms with Crippen LogP contribution in [0.5, 0.6) is 0 Å². The summed E-state index contributed by atoms with van der Waals surface area (Å²) in [6, 6.07) is 5.09. The smallest absolute Gasteiger partial charge is 0.224 e. The van der Waals surface area contributed by atoms with E-state index in [1.807, 2.05) is 12.3 Å². The Balaban J connectivity index is 1.93. The predicted octanol–water partition coefficient (Wildman–Crippen LogP) is 2.01. The summed E-state index contributed by atoms with van der Waals surface area (Å²) in [7, 11) is 0. The van der Waals surface area contributed by atoms with Gasteiger partial charge in [0, 0.05) is 17.5 Å². The second kappa shape index (κ2) is 7.31. The van der Waals surface area contributed by atoms with Crippen molar-refractivity contribution in [2.24, 2.45) is 0 Å². The third-order valence-electron chi connectivity index (χ3n) is 3.11. The number of thiazole rings is 1. The Bertz CT molecular complexity index is 625. The second-order valence-electron chi connectivity index (χ2n) is 4.71. The normalized spacial score (nSPS) is 10.6. The van der Waals surface area contributed by atoms with Crippen LogP contribution in [0.15, 0.2) is 23.6 Å². The quantitative estimate of drug-likeness (QED) is 0.762. The third kappa shape index (κ3) is 4.35. The van der Waals surface area contributed by atoms with Crippen molar-refractivity contribution in [2.75, 3.05) is 5.32 Å². The van der Waals surface area contributed by atoms with E-state index in [0.717, 1.165) is 10.7 Å². The molecule has 0 bridgehead atoms. The summed E-state index contributed by atoms with van der Waals surface area (Å²) < 4.78 is 0. The summed E-state index contributed by atoms with van der Waals surface area (Å²) in [6.07, 6.45) is 0.969. The molecule has 0 aliphatic carbocycles. The third-order valence-corrected chi connectivity index (χ3v) is 3.93. The zero-order valence-corrected chi connectivity index (χ0v) is 12.6. The van der Waals surface area contributed by atoms with Crippen molar-refractivity contribution in [3.63, 3.8) is 0 Å². The van der Waals surface area contributed by atoms with E-state index in [9.17, 15) is 9.90 Å². The summed E-state index contributed by atoms with van der Waals surface area (Å²) in [4.78, 5) is 16.2. The number of rotatable bonds is 6. The van der Waals surface area contributed by atoms with Gasteiger partial charge in [-0.25, -0.2) is 4.98 Å². The number of aromatic nitrogens is 1. The van der Waals surface area contributed by atoms with Gasteiger partial charge in [-0.3, -0.25) is 4.79 Å². The minimum atomic E-state index is -0.169. The first kappa shape index (κ1) is 15.6. The molecule has 0 aliphatic heterocycles. The number of carbonyl (C=O) groups excluding carboxylic acids is 1. The molecule has 6 heteroatoms. The second-order valence-corrected chi connectivity index (χ2v) is 5.77. The number of nitrogens with zero attached hydrogens (tertiary/aromatic N) is 1. The van der Waals surface area contributed by atoms with Crippen LogP contribution in [-0.4, -0.2) is 21.1 Å². The topological polar surface area (TPSA) is 82.5 Å². The van der Waals surface area contributed by atoms with E-state index in [4.69, 9.17) is 5.11 Å². The highest BCUT2D eigenvalue weighted by Crippen LogP contribution is 2.17. The van der Waals surface area contributed by atoms with Crippen molar-refractivity contribution in [1.29, 1.82) is 0 Å². The number of carbonyl (C=O) groups is 1. The number of aryl methyl sites for hydroxylation is 2. The van der Waals surface area contributed by atoms with Crippen LogP contribution in [0.25, 0.3) is 0 Å². The van der Waals surface area contributed by atoms with Crippen molar-refractivity contribution in [3.05, 3.63) is 45.4 Å². The number of anilines is 1. The number of hydrogen-bond acceptors (Lipinski definition) is 5. The molecule has 0 unspecified atom stereocenters. The van der Waals surface area contributed by atoms with Crippen molar-refractivity contribution in [3.8, 4) is 0 Å². The SMILES string of the molecule is Cc1nc(CCC(=O)Nc2ccc(CO)c(CO)c2)cs1. The van der Waals surface area contributed by atoms with Gasteiger partial charge in [0.05, 0.1) is 23.9 Å². The molecule has 1 heterocycles. The highest BCUT2D eigenvalue weighted by Gasteiger charge is 2.07. The maximum atomic E-state index is 11.9. The van der Waals surface area contributed by atoms with Crippen LogP contribution in [0.4, 0.5) is 5.69 Å². The maximum absolute atomic E-state index is 11.9. The summed E-state index contributed by atoms with van der Waals surface area (Å²) in [5, 5.41) is 24.1. The molecule has 3 N–H and O–H groups in total. The first-order chi connectivity index (χ1) is 10.1. The lowest BCUT2D eigenvalue weighted by Gasteiger charge is -2.09. The molecule has 1 aromatic heterocycles. The Morgan fingerprint density at radius 1 is 1.29 bits per heavy atom. The van der Waals surface area contributed by atoms with Gasteiger partial charge in [-0.2, -0.15) is 0 Å². The molecule has 0 saturated heterocycles. The van der Waals surface area contributed by atoms with Crippen molar-refractivity contribution >= 4 is 22.9 Å². The van der Waals surface area contributed by atoms with Crippen LogP contribution in [0.1, 0.15) is 28.2 Å². The Labute approximate surface area is 127 Å². The maximum Gasteiger partial charge on any atom is 0.224 e. The summed E-state index contributed by atoms with van der Waals surface area (Å²) >= 11 is 1.57. The highest BCUT2D eigenvalue weighted by molar-refractivity contribution is 7.09. The molecule has 0 saturated carbocycles. The molecule has 2 rings (SSSR count). The molecule has 21 heavy (non-hydrogen) atoms. The molecule has 0 fully saturated rings. The average Bonchev–Trinajstić information content (AvgIpc) is 2.90. The highest BCUT2D eigenvalue weighted by atomic mass is 32.1. The average molecular weight is 306 g/mol. The fourth-order valence-corrected chi connectivity index (χ4v) is 2.64. The molecule has 5 nitrogen and oxygen atoms in total. The Kier molecular flexibility index (Phi) is 5.44. The summed E-state index contributed by atoms with van der Waals surface area (Å²) in [5.41, 5.74) is 2.83. The number of amides is 1. The Hall–Kier alpha value is -1.76. The lowest BCUT2D eigenvalue weighted by Crippen LogP contribution is -2.13.